The predicted molar refractivity (Wildman–Crippen MR) is 107 cm³/mol. The van der Waals surface area contributed by atoms with Gasteiger partial charge in [0.05, 0.1) is 40.4 Å². The quantitative estimate of drug-likeness (QED) is 0.788. The fourth-order valence-corrected chi connectivity index (χ4v) is 3.46. The highest BCUT2D eigenvalue weighted by Gasteiger charge is 2.22. The van der Waals surface area contributed by atoms with Crippen LogP contribution in [0.3, 0.4) is 0 Å². The molecule has 0 radical (unpaired) electrons. The van der Waals surface area contributed by atoms with E-state index in [0.717, 1.165) is 36.9 Å². The number of hydrogen-bond donors (Lipinski definition) is 2. The lowest BCUT2D eigenvalue weighted by molar-refractivity contribution is -0.892. The number of ether oxygens (including phenoxy) is 2. The van der Waals surface area contributed by atoms with Crippen molar-refractivity contribution in [3.8, 4) is 11.5 Å². The van der Waals surface area contributed by atoms with Crippen molar-refractivity contribution in [3.05, 3.63) is 47.5 Å². The van der Waals surface area contributed by atoms with Crippen LogP contribution in [0.2, 0.25) is 5.02 Å². The van der Waals surface area contributed by atoms with Crippen LogP contribution < -0.4 is 24.6 Å². The maximum absolute atomic E-state index is 12.4. The van der Waals surface area contributed by atoms with Crippen molar-refractivity contribution >= 4 is 28.9 Å². The molecule has 1 aliphatic rings. The Balaban J connectivity index is 1.51. The van der Waals surface area contributed by atoms with Gasteiger partial charge < -0.3 is 24.6 Å². The Bertz CT molecular complexity index is 792. The van der Waals surface area contributed by atoms with Gasteiger partial charge in [-0.15, -0.1) is 0 Å². The summed E-state index contributed by atoms with van der Waals surface area (Å²) in [6, 6.07) is 13.3. The summed E-state index contributed by atoms with van der Waals surface area (Å²) in [5, 5.41) is 3.69. The van der Waals surface area contributed by atoms with Crippen LogP contribution in [0.4, 0.5) is 11.4 Å². The summed E-state index contributed by atoms with van der Waals surface area (Å²) in [7, 11) is 3.16. The van der Waals surface area contributed by atoms with Crippen molar-refractivity contribution in [2.45, 2.75) is 0 Å². The first-order valence-electron chi connectivity index (χ1n) is 8.95. The lowest BCUT2D eigenvalue weighted by atomic mass is 10.2. The smallest absolute Gasteiger partial charge is 0.279 e. The number of hydrogen-bond acceptors (Lipinski definition) is 4. The van der Waals surface area contributed by atoms with Crippen molar-refractivity contribution in [3.63, 3.8) is 0 Å². The van der Waals surface area contributed by atoms with Gasteiger partial charge in [-0.1, -0.05) is 17.7 Å². The number of methoxy groups -OCH3 is 2. The minimum Gasteiger partial charge on any atom is -0.493 e. The van der Waals surface area contributed by atoms with E-state index in [-0.39, 0.29) is 5.91 Å². The average Bonchev–Trinajstić information content (AvgIpc) is 2.68. The molecule has 0 bridgehead atoms. The van der Waals surface area contributed by atoms with Crippen LogP contribution in [0.5, 0.6) is 11.5 Å². The van der Waals surface area contributed by atoms with Gasteiger partial charge in [-0.3, -0.25) is 4.79 Å². The summed E-state index contributed by atoms with van der Waals surface area (Å²) in [5.74, 6) is 1.23. The second kappa shape index (κ2) is 8.97. The maximum atomic E-state index is 12.4. The second-order valence-corrected chi connectivity index (χ2v) is 6.95. The lowest BCUT2D eigenvalue weighted by Gasteiger charge is -2.33. The molecular weight excluding hydrogens is 366 g/mol. The molecule has 7 heteroatoms. The normalized spacial score (nSPS) is 14.7. The van der Waals surface area contributed by atoms with E-state index < -0.39 is 0 Å². The van der Waals surface area contributed by atoms with Crippen molar-refractivity contribution in [1.29, 1.82) is 0 Å². The number of carbonyl (C=O) groups excluding carboxylic acids is 1. The highest BCUT2D eigenvalue weighted by Crippen LogP contribution is 2.29. The van der Waals surface area contributed by atoms with Crippen LogP contribution in [0, 0.1) is 0 Å². The van der Waals surface area contributed by atoms with Gasteiger partial charge in [0.25, 0.3) is 5.91 Å². The monoisotopic (exact) mass is 390 g/mol. The molecule has 6 nitrogen and oxygen atoms in total. The maximum Gasteiger partial charge on any atom is 0.279 e. The Morgan fingerprint density at radius 3 is 2.52 bits per heavy atom. The van der Waals surface area contributed by atoms with E-state index in [1.807, 2.05) is 24.3 Å². The van der Waals surface area contributed by atoms with E-state index in [1.54, 1.807) is 26.4 Å². The Hall–Kier alpha value is -2.44. The summed E-state index contributed by atoms with van der Waals surface area (Å²) in [4.78, 5) is 16.0. The molecule has 3 rings (SSSR count). The summed E-state index contributed by atoms with van der Waals surface area (Å²) in [5.41, 5.74) is 1.84. The van der Waals surface area contributed by atoms with Gasteiger partial charge in [-0.05, 0) is 30.3 Å². The number of amides is 1. The van der Waals surface area contributed by atoms with E-state index in [2.05, 4.69) is 16.3 Å². The molecule has 0 unspecified atom stereocenters. The van der Waals surface area contributed by atoms with E-state index in [9.17, 15) is 4.79 Å². The fraction of sp³-hybridized carbons (Fsp3) is 0.350. The molecule has 1 saturated heterocycles. The number of piperazine rings is 1. The van der Waals surface area contributed by atoms with E-state index >= 15 is 0 Å². The fourth-order valence-electron chi connectivity index (χ4n) is 3.28. The number of nitrogens with one attached hydrogen (secondary N) is 2. The van der Waals surface area contributed by atoms with Crippen LogP contribution in [0.1, 0.15) is 0 Å². The molecule has 0 spiro atoms. The number of rotatable bonds is 6. The number of carbonyl (C=O) groups is 1. The van der Waals surface area contributed by atoms with Gasteiger partial charge in [-0.2, -0.15) is 0 Å². The topological polar surface area (TPSA) is 55.2 Å². The zero-order chi connectivity index (χ0) is 19.2. The molecule has 0 saturated carbocycles. The van der Waals surface area contributed by atoms with Gasteiger partial charge in [0.1, 0.15) is 0 Å². The summed E-state index contributed by atoms with van der Waals surface area (Å²) in [6.07, 6.45) is 0. The zero-order valence-corrected chi connectivity index (χ0v) is 16.4. The van der Waals surface area contributed by atoms with Crippen LogP contribution in [-0.4, -0.2) is 52.9 Å². The third-order valence-corrected chi connectivity index (χ3v) is 4.96. The summed E-state index contributed by atoms with van der Waals surface area (Å²) in [6.45, 7) is 4.06. The number of anilines is 2. The first kappa shape index (κ1) is 19.3. The first-order chi connectivity index (χ1) is 13.1. The second-order valence-electron chi connectivity index (χ2n) is 6.51. The first-order valence-corrected chi connectivity index (χ1v) is 9.33. The molecule has 2 N–H and O–H groups in total. The molecule has 1 aliphatic heterocycles. The standard InChI is InChI=1S/C20H24ClN3O3/c1-26-18-7-6-16(13-19(18)27-2)22-20(25)14-23-8-10-24(11-9-23)17-5-3-4-15(21)12-17/h3-7,12-13H,8-11,14H2,1-2H3,(H,22,25)/p+1. The van der Waals surface area contributed by atoms with Crippen LogP contribution >= 0.6 is 11.6 Å². The number of quaternary nitrogens is 1. The van der Waals surface area contributed by atoms with Crippen molar-refractivity contribution in [2.75, 3.05) is 57.2 Å². The van der Waals surface area contributed by atoms with Gasteiger partial charge in [0.2, 0.25) is 0 Å². The van der Waals surface area contributed by atoms with Crippen molar-refractivity contribution < 1.29 is 19.2 Å². The van der Waals surface area contributed by atoms with E-state index in [1.165, 1.54) is 4.90 Å². The Kier molecular flexibility index (Phi) is 6.42. The summed E-state index contributed by atoms with van der Waals surface area (Å²) < 4.78 is 10.5. The number of benzene rings is 2. The van der Waals surface area contributed by atoms with Crippen LogP contribution in [0.15, 0.2) is 42.5 Å². The third kappa shape index (κ3) is 5.05. The number of halogens is 1. The van der Waals surface area contributed by atoms with Gasteiger partial charge >= 0.3 is 0 Å². The minimum absolute atomic E-state index is 0.00609. The van der Waals surface area contributed by atoms with Crippen molar-refractivity contribution in [1.82, 2.24) is 0 Å². The number of nitrogens with zero attached hydrogens (tertiary/aromatic N) is 1. The SMILES string of the molecule is COc1ccc(NC(=O)C[NH+]2CCN(c3cccc(Cl)c3)CC2)cc1OC. The van der Waals surface area contributed by atoms with Crippen LogP contribution in [0.25, 0.3) is 0 Å². The largest absolute Gasteiger partial charge is 0.493 e. The van der Waals surface area contributed by atoms with Gasteiger partial charge in [-0.25, -0.2) is 0 Å². The predicted octanol–water partition coefficient (Wildman–Crippen LogP) is 1.70. The van der Waals surface area contributed by atoms with Crippen molar-refractivity contribution in [2.24, 2.45) is 0 Å². The minimum atomic E-state index is -0.00609. The molecule has 2 aromatic rings. The third-order valence-electron chi connectivity index (χ3n) is 4.72. The molecular formula is C20H25ClN3O3+. The molecule has 27 heavy (non-hydrogen) atoms. The molecule has 1 amide bonds. The molecule has 0 aliphatic carbocycles. The molecule has 144 valence electrons. The molecule has 1 fully saturated rings. The van der Waals surface area contributed by atoms with E-state index in [4.69, 9.17) is 21.1 Å². The Morgan fingerprint density at radius 1 is 1.11 bits per heavy atom. The Morgan fingerprint density at radius 2 is 1.85 bits per heavy atom. The zero-order valence-electron chi connectivity index (χ0n) is 15.6. The highest BCUT2D eigenvalue weighted by atomic mass is 35.5. The molecule has 0 aromatic heterocycles. The summed E-state index contributed by atoms with van der Waals surface area (Å²) >= 11 is 6.08. The highest BCUT2D eigenvalue weighted by molar-refractivity contribution is 6.30. The molecule has 1 heterocycles. The molecule has 0 atom stereocenters. The van der Waals surface area contributed by atoms with E-state index in [0.29, 0.717) is 23.7 Å². The Labute approximate surface area is 164 Å². The lowest BCUT2D eigenvalue weighted by Crippen LogP contribution is -3.15. The van der Waals surface area contributed by atoms with Gasteiger partial charge in [0.15, 0.2) is 18.0 Å². The van der Waals surface area contributed by atoms with Crippen LogP contribution in [-0.2, 0) is 4.79 Å². The molecule has 2 aromatic carbocycles. The average molecular weight is 391 g/mol. The van der Waals surface area contributed by atoms with Gasteiger partial charge in [0, 0.05) is 22.5 Å².